The fraction of sp³-hybridized carbons (Fsp3) is 0.333. The number of halogens is 1. The highest BCUT2D eigenvalue weighted by molar-refractivity contribution is 7.89. The molecule has 0 unspecified atom stereocenters. The van der Waals surface area contributed by atoms with Crippen molar-refractivity contribution in [2.45, 2.75) is 11.3 Å². The molecule has 0 saturated carbocycles. The van der Waals surface area contributed by atoms with Gasteiger partial charge in [-0.05, 0) is 24.6 Å². The van der Waals surface area contributed by atoms with E-state index in [4.69, 9.17) is 10.8 Å². The van der Waals surface area contributed by atoms with Crippen molar-refractivity contribution in [1.82, 2.24) is 4.72 Å². The van der Waals surface area contributed by atoms with Crippen LogP contribution in [0.5, 0.6) is 0 Å². The van der Waals surface area contributed by atoms with Gasteiger partial charge < -0.3 is 10.8 Å². The molecule has 5 nitrogen and oxygen atoms in total. The second kappa shape index (κ2) is 5.24. The summed E-state index contributed by atoms with van der Waals surface area (Å²) < 4.78 is 38.4. The summed E-state index contributed by atoms with van der Waals surface area (Å²) in [6.07, 6.45) is 0.302. The number of aliphatic hydroxyl groups excluding tert-OH is 1. The number of rotatable bonds is 5. The summed E-state index contributed by atoms with van der Waals surface area (Å²) in [4.78, 5) is -0.183. The Morgan fingerprint density at radius 1 is 1.44 bits per heavy atom. The Morgan fingerprint density at radius 2 is 2.12 bits per heavy atom. The average molecular weight is 248 g/mol. The van der Waals surface area contributed by atoms with Crippen molar-refractivity contribution in [3.63, 3.8) is 0 Å². The van der Waals surface area contributed by atoms with E-state index >= 15 is 0 Å². The Bertz CT molecular complexity index is 462. The SMILES string of the molecule is Nc1ccc(S(=O)(=O)NCCCO)cc1F. The lowest BCUT2D eigenvalue weighted by Crippen LogP contribution is -2.25. The lowest BCUT2D eigenvalue weighted by Gasteiger charge is -2.06. The van der Waals surface area contributed by atoms with E-state index in [1.165, 1.54) is 12.1 Å². The number of sulfonamides is 1. The zero-order valence-electron chi connectivity index (χ0n) is 8.48. The van der Waals surface area contributed by atoms with Crippen LogP contribution in [0.1, 0.15) is 6.42 Å². The fourth-order valence-corrected chi connectivity index (χ4v) is 2.13. The number of aliphatic hydroxyl groups is 1. The molecule has 0 aliphatic rings. The molecule has 7 heteroatoms. The molecule has 1 aromatic rings. The van der Waals surface area contributed by atoms with E-state index in [-0.39, 0.29) is 23.7 Å². The number of nitrogen functional groups attached to an aromatic ring is 1. The Kier molecular flexibility index (Phi) is 4.22. The third-order valence-corrected chi connectivity index (χ3v) is 3.37. The molecule has 0 fully saturated rings. The maximum absolute atomic E-state index is 13.0. The molecule has 0 saturated heterocycles. The van der Waals surface area contributed by atoms with Gasteiger partial charge in [-0.1, -0.05) is 0 Å². The molecule has 16 heavy (non-hydrogen) atoms. The maximum atomic E-state index is 13.0. The van der Waals surface area contributed by atoms with E-state index in [0.717, 1.165) is 6.07 Å². The molecule has 0 atom stereocenters. The quantitative estimate of drug-likeness (QED) is 0.508. The number of hydrogen-bond donors (Lipinski definition) is 3. The van der Waals surface area contributed by atoms with Gasteiger partial charge in [-0.25, -0.2) is 17.5 Å². The van der Waals surface area contributed by atoms with E-state index in [2.05, 4.69) is 4.72 Å². The maximum Gasteiger partial charge on any atom is 0.240 e. The molecule has 0 bridgehead atoms. The zero-order valence-corrected chi connectivity index (χ0v) is 9.30. The lowest BCUT2D eigenvalue weighted by molar-refractivity contribution is 0.289. The Morgan fingerprint density at radius 3 is 2.69 bits per heavy atom. The molecule has 90 valence electrons. The Balaban J connectivity index is 2.86. The van der Waals surface area contributed by atoms with E-state index in [0.29, 0.717) is 6.42 Å². The molecule has 0 radical (unpaired) electrons. The van der Waals surface area contributed by atoms with E-state index in [1.807, 2.05) is 0 Å². The largest absolute Gasteiger partial charge is 0.396 e. The minimum atomic E-state index is -3.73. The first-order chi connectivity index (χ1) is 7.47. The van der Waals surface area contributed by atoms with E-state index < -0.39 is 15.8 Å². The highest BCUT2D eigenvalue weighted by atomic mass is 32.2. The van der Waals surface area contributed by atoms with Crippen LogP contribution >= 0.6 is 0 Å². The molecule has 0 spiro atoms. The monoisotopic (exact) mass is 248 g/mol. The van der Waals surface area contributed by atoms with Gasteiger partial charge in [-0.15, -0.1) is 0 Å². The highest BCUT2D eigenvalue weighted by Gasteiger charge is 2.14. The first-order valence-electron chi connectivity index (χ1n) is 4.63. The van der Waals surface area contributed by atoms with Crippen LogP contribution < -0.4 is 10.5 Å². The van der Waals surface area contributed by atoms with Gasteiger partial charge in [0, 0.05) is 13.2 Å². The minimum absolute atomic E-state index is 0.102. The van der Waals surface area contributed by atoms with E-state index in [9.17, 15) is 12.8 Å². The normalized spacial score (nSPS) is 11.6. The van der Waals surface area contributed by atoms with Crippen molar-refractivity contribution in [3.8, 4) is 0 Å². The van der Waals surface area contributed by atoms with Crippen LogP contribution in [0, 0.1) is 5.82 Å². The summed E-state index contributed by atoms with van der Waals surface area (Å²) in [6, 6.07) is 3.27. The lowest BCUT2D eigenvalue weighted by atomic mass is 10.3. The van der Waals surface area contributed by atoms with Crippen LogP contribution in [-0.2, 0) is 10.0 Å². The van der Waals surface area contributed by atoms with Gasteiger partial charge in [0.05, 0.1) is 10.6 Å². The van der Waals surface area contributed by atoms with Crippen LogP contribution in [0.15, 0.2) is 23.1 Å². The number of anilines is 1. The van der Waals surface area contributed by atoms with Gasteiger partial charge in [0.15, 0.2) is 0 Å². The van der Waals surface area contributed by atoms with Gasteiger partial charge in [0.2, 0.25) is 10.0 Å². The Labute approximate surface area is 93.1 Å². The molecule has 1 aromatic carbocycles. The topological polar surface area (TPSA) is 92.4 Å². The molecule has 0 amide bonds. The van der Waals surface area contributed by atoms with Crippen LogP contribution in [0.25, 0.3) is 0 Å². The summed E-state index contributed by atoms with van der Waals surface area (Å²) in [6.45, 7) is -0.0105. The number of nitrogens with one attached hydrogen (secondary N) is 1. The fourth-order valence-electron chi connectivity index (χ4n) is 1.04. The zero-order chi connectivity index (χ0) is 12.2. The molecular formula is C9H13FN2O3S. The Hall–Kier alpha value is -1.18. The van der Waals surface area contributed by atoms with Crippen LogP contribution in [-0.4, -0.2) is 26.7 Å². The number of nitrogens with two attached hydrogens (primary N) is 1. The minimum Gasteiger partial charge on any atom is -0.396 e. The smallest absolute Gasteiger partial charge is 0.240 e. The molecule has 4 N–H and O–H groups in total. The molecule has 0 aliphatic heterocycles. The van der Waals surface area contributed by atoms with Gasteiger partial charge in [-0.2, -0.15) is 0 Å². The van der Waals surface area contributed by atoms with Crippen molar-refractivity contribution in [1.29, 1.82) is 0 Å². The van der Waals surface area contributed by atoms with Crippen molar-refractivity contribution >= 4 is 15.7 Å². The van der Waals surface area contributed by atoms with Crippen LogP contribution in [0.2, 0.25) is 0 Å². The second-order valence-corrected chi connectivity index (χ2v) is 4.93. The van der Waals surface area contributed by atoms with Crippen LogP contribution in [0.3, 0.4) is 0 Å². The number of hydrogen-bond acceptors (Lipinski definition) is 4. The molecule has 0 aliphatic carbocycles. The van der Waals surface area contributed by atoms with Crippen molar-refractivity contribution in [2.75, 3.05) is 18.9 Å². The highest BCUT2D eigenvalue weighted by Crippen LogP contribution is 2.15. The molecule has 0 heterocycles. The van der Waals surface area contributed by atoms with Crippen molar-refractivity contribution in [2.24, 2.45) is 0 Å². The standard InChI is InChI=1S/C9H13FN2O3S/c10-8-6-7(2-3-9(8)11)16(14,15)12-4-1-5-13/h2-3,6,12-13H,1,4-5,11H2. The van der Waals surface area contributed by atoms with Crippen molar-refractivity contribution in [3.05, 3.63) is 24.0 Å². The van der Waals surface area contributed by atoms with Crippen LogP contribution in [0.4, 0.5) is 10.1 Å². The predicted molar refractivity (Wildman–Crippen MR) is 57.7 cm³/mol. The van der Waals surface area contributed by atoms with Gasteiger partial charge in [-0.3, -0.25) is 0 Å². The second-order valence-electron chi connectivity index (χ2n) is 3.16. The summed E-state index contributed by atoms with van der Waals surface area (Å²) in [5.41, 5.74) is 5.13. The average Bonchev–Trinajstić information content (AvgIpc) is 2.22. The van der Waals surface area contributed by atoms with Gasteiger partial charge in [0.1, 0.15) is 5.82 Å². The third kappa shape index (κ3) is 3.16. The number of benzene rings is 1. The summed E-state index contributed by atoms with van der Waals surface area (Å²) in [5.74, 6) is -0.773. The third-order valence-electron chi connectivity index (χ3n) is 1.91. The summed E-state index contributed by atoms with van der Waals surface area (Å²) >= 11 is 0. The predicted octanol–water partition coefficient (Wildman–Crippen LogP) is 0.0686. The van der Waals surface area contributed by atoms with E-state index in [1.54, 1.807) is 0 Å². The first-order valence-corrected chi connectivity index (χ1v) is 6.11. The van der Waals surface area contributed by atoms with Crippen molar-refractivity contribution < 1.29 is 17.9 Å². The molecule has 1 rings (SSSR count). The summed E-state index contributed by atoms with van der Waals surface area (Å²) in [5, 5.41) is 8.50. The van der Waals surface area contributed by atoms with Gasteiger partial charge >= 0.3 is 0 Å². The van der Waals surface area contributed by atoms with Gasteiger partial charge in [0.25, 0.3) is 0 Å². The molecule has 0 aromatic heterocycles. The summed E-state index contributed by atoms with van der Waals surface area (Å²) in [7, 11) is -3.73. The first kappa shape index (κ1) is 12.9. The molecular weight excluding hydrogens is 235 g/mol.